The second kappa shape index (κ2) is 3.46. The van der Waals surface area contributed by atoms with Crippen molar-refractivity contribution in [2.24, 2.45) is 0 Å². The minimum absolute atomic E-state index is 0.762. The molecule has 0 saturated carbocycles. The van der Waals surface area contributed by atoms with Crippen LogP contribution in [0.1, 0.15) is 19.2 Å². The molecule has 0 bridgehead atoms. The highest BCUT2D eigenvalue weighted by molar-refractivity contribution is 7.71. The standard InChI is InChI=1S/C7H10N2S/c1-2-3-6-8-5-4-7(10)9-6/h4-5H,2-3H2,1H3,(H,8,9,10). The number of nitrogens with one attached hydrogen (secondary N) is 1. The molecule has 0 aliphatic rings. The SMILES string of the molecule is CCCc1nccc(=S)[nH]1. The van der Waals surface area contributed by atoms with Crippen molar-refractivity contribution in [3.05, 3.63) is 22.7 Å². The summed E-state index contributed by atoms with van der Waals surface area (Å²) in [5.41, 5.74) is 0. The van der Waals surface area contributed by atoms with Crippen molar-refractivity contribution >= 4 is 12.2 Å². The average Bonchev–Trinajstić information content (AvgIpc) is 1.88. The molecule has 0 fully saturated rings. The predicted molar refractivity (Wildman–Crippen MR) is 43.4 cm³/mol. The molecule has 1 aromatic heterocycles. The van der Waals surface area contributed by atoms with Gasteiger partial charge in [-0.3, -0.25) is 0 Å². The van der Waals surface area contributed by atoms with Gasteiger partial charge in [0.25, 0.3) is 0 Å². The van der Waals surface area contributed by atoms with Crippen LogP contribution in [0.5, 0.6) is 0 Å². The zero-order valence-electron chi connectivity index (χ0n) is 5.92. The van der Waals surface area contributed by atoms with Gasteiger partial charge >= 0.3 is 0 Å². The van der Waals surface area contributed by atoms with E-state index in [0.717, 1.165) is 23.3 Å². The second-order valence-corrected chi connectivity index (χ2v) is 2.57. The number of rotatable bonds is 2. The van der Waals surface area contributed by atoms with Crippen molar-refractivity contribution < 1.29 is 0 Å². The monoisotopic (exact) mass is 154 g/mol. The lowest BCUT2D eigenvalue weighted by atomic mass is 10.3. The van der Waals surface area contributed by atoms with E-state index in [2.05, 4.69) is 16.9 Å². The normalized spacial score (nSPS) is 9.70. The number of nitrogens with zero attached hydrogens (tertiary/aromatic N) is 1. The molecule has 0 radical (unpaired) electrons. The molecular weight excluding hydrogens is 144 g/mol. The summed E-state index contributed by atoms with van der Waals surface area (Å²) in [4.78, 5) is 7.12. The van der Waals surface area contributed by atoms with E-state index >= 15 is 0 Å². The van der Waals surface area contributed by atoms with E-state index in [1.54, 1.807) is 12.3 Å². The van der Waals surface area contributed by atoms with Gasteiger partial charge in [-0.2, -0.15) is 0 Å². The van der Waals surface area contributed by atoms with Crippen LogP contribution in [0.4, 0.5) is 0 Å². The van der Waals surface area contributed by atoms with Crippen LogP contribution in [-0.4, -0.2) is 9.97 Å². The Balaban J connectivity index is 2.85. The minimum Gasteiger partial charge on any atom is -0.335 e. The van der Waals surface area contributed by atoms with Crippen LogP contribution in [0.2, 0.25) is 0 Å². The minimum atomic E-state index is 0.762. The van der Waals surface area contributed by atoms with Crippen molar-refractivity contribution in [1.29, 1.82) is 0 Å². The van der Waals surface area contributed by atoms with Crippen molar-refractivity contribution in [3.63, 3.8) is 0 Å². The summed E-state index contributed by atoms with van der Waals surface area (Å²) < 4.78 is 0.762. The Morgan fingerprint density at radius 2 is 2.50 bits per heavy atom. The summed E-state index contributed by atoms with van der Waals surface area (Å²) >= 11 is 4.92. The number of aromatic amines is 1. The van der Waals surface area contributed by atoms with E-state index < -0.39 is 0 Å². The molecule has 0 atom stereocenters. The first kappa shape index (κ1) is 7.41. The van der Waals surface area contributed by atoms with Gasteiger partial charge in [0.05, 0.1) is 0 Å². The molecule has 1 rings (SSSR count). The topological polar surface area (TPSA) is 28.7 Å². The fourth-order valence-corrected chi connectivity index (χ4v) is 0.954. The number of H-pyrrole nitrogens is 1. The quantitative estimate of drug-likeness (QED) is 0.661. The van der Waals surface area contributed by atoms with Gasteiger partial charge in [0.15, 0.2) is 0 Å². The van der Waals surface area contributed by atoms with Crippen LogP contribution in [0.3, 0.4) is 0 Å². The largest absolute Gasteiger partial charge is 0.335 e. The summed E-state index contributed by atoms with van der Waals surface area (Å²) in [5, 5.41) is 0. The molecule has 1 N–H and O–H groups in total. The number of aryl methyl sites for hydroxylation is 1. The Bertz CT molecular complexity index is 254. The summed E-state index contributed by atoms with van der Waals surface area (Å²) in [6.07, 6.45) is 3.82. The maximum atomic E-state index is 4.92. The molecule has 1 heterocycles. The Morgan fingerprint density at radius 1 is 1.70 bits per heavy atom. The first-order valence-corrected chi connectivity index (χ1v) is 3.78. The van der Waals surface area contributed by atoms with Crippen LogP contribution in [0.25, 0.3) is 0 Å². The fourth-order valence-electron chi connectivity index (χ4n) is 0.775. The van der Waals surface area contributed by atoms with Gasteiger partial charge in [-0.25, -0.2) is 4.98 Å². The molecule has 0 amide bonds. The Morgan fingerprint density at radius 3 is 3.10 bits per heavy atom. The van der Waals surface area contributed by atoms with E-state index in [9.17, 15) is 0 Å². The first-order valence-electron chi connectivity index (χ1n) is 3.37. The highest BCUT2D eigenvalue weighted by atomic mass is 32.1. The number of hydrogen-bond acceptors (Lipinski definition) is 2. The van der Waals surface area contributed by atoms with Crippen molar-refractivity contribution in [1.82, 2.24) is 9.97 Å². The summed E-state index contributed by atoms with van der Waals surface area (Å²) in [6.45, 7) is 2.12. The lowest BCUT2D eigenvalue weighted by molar-refractivity contribution is 0.831. The van der Waals surface area contributed by atoms with Gasteiger partial charge in [0.1, 0.15) is 10.5 Å². The van der Waals surface area contributed by atoms with E-state index in [0.29, 0.717) is 0 Å². The molecule has 0 unspecified atom stereocenters. The maximum Gasteiger partial charge on any atom is 0.106 e. The van der Waals surface area contributed by atoms with Gasteiger partial charge < -0.3 is 4.98 Å². The molecule has 0 aromatic carbocycles. The van der Waals surface area contributed by atoms with E-state index in [1.807, 2.05) is 0 Å². The fraction of sp³-hybridized carbons (Fsp3) is 0.429. The smallest absolute Gasteiger partial charge is 0.106 e. The van der Waals surface area contributed by atoms with E-state index in [-0.39, 0.29) is 0 Å². The van der Waals surface area contributed by atoms with Crippen LogP contribution in [0, 0.1) is 4.64 Å². The third-order valence-corrected chi connectivity index (χ3v) is 1.45. The number of aromatic nitrogens is 2. The Labute approximate surface area is 65.3 Å². The number of hydrogen-bond donors (Lipinski definition) is 1. The van der Waals surface area contributed by atoms with Crippen LogP contribution >= 0.6 is 12.2 Å². The van der Waals surface area contributed by atoms with Crippen molar-refractivity contribution in [2.75, 3.05) is 0 Å². The average molecular weight is 154 g/mol. The highest BCUT2D eigenvalue weighted by Crippen LogP contribution is 1.93. The zero-order chi connectivity index (χ0) is 7.40. The molecule has 0 aliphatic carbocycles. The summed E-state index contributed by atoms with van der Waals surface area (Å²) in [6, 6.07) is 1.79. The molecule has 0 spiro atoms. The van der Waals surface area contributed by atoms with E-state index in [4.69, 9.17) is 12.2 Å². The molecular formula is C7H10N2S. The third-order valence-electron chi connectivity index (χ3n) is 1.21. The summed E-state index contributed by atoms with van der Waals surface area (Å²) in [7, 11) is 0. The van der Waals surface area contributed by atoms with Gasteiger partial charge in [0, 0.05) is 12.6 Å². The lowest BCUT2D eigenvalue weighted by Crippen LogP contribution is -1.92. The van der Waals surface area contributed by atoms with Gasteiger partial charge in [-0.15, -0.1) is 0 Å². The van der Waals surface area contributed by atoms with Crippen molar-refractivity contribution in [3.8, 4) is 0 Å². The van der Waals surface area contributed by atoms with Gasteiger partial charge in [-0.05, 0) is 12.5 Å². The molecule has 0 aliphatic heterocycles. The molecule has 1 aromatic rings. The predicted octanol–water partition coefficient (Wildman–Crippen LogP) is 2.09. The van der Waals surface area contributed by atoms with Gasteiger partial charge in [0.2, 0.25) is 0 Å². The van der Waals surface area contributed by atoms with Crippen LogP contribution < -0.4 is 0 Å². The second-order valence-electron chi connectivity index (χ2n) is 2.13. The van der Waals surface area contributed by atoms with Gasteiger partial charge in [-0.1, -0.05) is 19.1 Å². The highest BCUT2D eigenvalue weighted by Gasteiger charge is 1.88. The van der Waals surface area contributed by atoms with Crippen LogP contribution in [-0.2, 0) is 6.42 Å². The molecule has 0 saturated heterocycles. The molecule has 2 nitrogen and oxygen atoms in total. The Kier molecular flexibility index (Phi) is 2.57. The summed E-state index contributed by atoms with van der Waals surface area (Å²) in [5.74, 6) is 0.981. The first-order chi connectivity index (χ1) is 4.83. The molecule has 54 valence electrons. The maximum absolute atomic E-state index is 4.92. The Hall–Kier alpha value is -0.700. The van der Waals surface area contributed by atoms with E-state index in [1.165, 1.54) is 0 Å². The molecule has 10 heavy (non-hydrogen) atoms. The molecule has 3 heteroatoms. The van der Waals surface area contributed by atoms with Crippen molar-refractivity contribution in [2.45, 2.75) is 19.8 Å². The lowest BCUT2D eigenvalue weighted by Gasteiger charge is -1.94. The third kappa shape index (κ3) is 1.92. The zero-order valence-corrected chi connectivity index (χ0v) is 6.74. The van der Waals surface area contributed by atoms with Crippen LogP contribution in [0.15, 0.2) is 12.3 Å².